The Hall–Kier alpha value is -2.74. The van der Waals surface area contributed by atoms with E-state index in [2.05, 4.69) is 17.3 Å². The molecule has 0 aliphatic heterocycles. The molecule has 0 saturated heterocycles. The number of hydrogen-bond donors (Lipinski definition) is 2. The topological polar surface area (TPSA) is 69.6 Å². The van der Waals surface area contributed by atoms with E-state index in [1.54, 1.807) is 29.2 Å². The molecule has 0 unspecified atom stereocenters. The second-order valence-corrected chi connectivity index (χ2v) is 3.87. The highest BCUT2D eigenvalue weighted by molar-refractivity contribution is 6.02. The van der Waals surface area contributed by atoms with Gasteiger partial charge in [0.1, 0.15) is 0 Å². The minimum Gasteiger partial charge on any atom is -0.478 e. The van der Waals surface area contributed by atoms with Crippen LogP contribution in [0.1, 0.15) is 5.56 Å². The van der Waals surface area contributed by atoms with Crippen molar-refractivity contribution in [2.45, 2.75) is 0 Å². The number of nitrogens with one attached hydrogen (secondary N) is 1. The van der Waals surface area contributed by atoms with Crippen LogP contribution in [-0.2, 0) is 9.59 Å². The van der Waals surface area contributed by atoms with Crippen molar-refractivity contribution in [2.24, 2.45) is 0 Å². The number of carboxylic acid groups (broad SMARTS) is 1. The highest BCUT2D eigenvalue weighted by Crippen LogP contribution is 2.08. The Labute approximate surface area is 111 Å². The Kier molecular flexibility index (Phi) is 5.17. The van der Waals surface area contributed by atoms with Gasteiger partial charge in [0.2, 0.25) is 5.91 Å². The number of carbonyl (C=O) groups excluding carboxylic acids is 1. The van der Waals surface area contributed by atoms with E-state index in [1.807, 2.05) is 14.1 Å². The quantitative estimate of drug-likeness (QED) is 0.484. The van der Waals surface area contributed by atoms with Gasteiger partial charge in [-0.3, -0.25) is 4.79 Å². The molecule has 0 aliphatic carbocycles. The molecule has 0 aromatic heterocycles. The lowest BCUT2D eigenvalue weighted by Gasteiger charge is -2.02. The molecule has 0 fully saturated rings. The van der Waals surface area contributed by atoms with Crippen molar-refractivity contribution in [2.75, 3.05) is 19.4 Å². The van der Waals surface area contributed by atoms with E-state index in [9.17, 15) is 9.59 Å². The Morgan fingerprint density at radius 2 is 1.84 bits per heavy atom. The van der Waals surface area contributed by atoms with Gasteiger partial charge in [-0.1, -0.05) is 0 Å². The van der Waals surface area contributed by atoms with Gasteiger partial charge in [-0.15, -0.1) is 0 Å². The molecule has 0 radical (unpaired) electrons. The van der Waals surface area contributed by atoms with Crippen LogP contribution in [0, 0.1) is 12.0 Å². The zero-order valence-electron chi connectivity index (χ0n) is 10.7. The number of amides is 1. The summed E-state index contributed by atoms with van der Waals surface area (Å²) < 4.78 is 0. The fourth-order valence-electron chi connectivity index (χ4n) is 1.14. The maximum absolute atomic E-state index is 11.3. The van der Waals surface area contributed by atoms with Crippen LogP contribution in [0.2, 0.25) is 0 Å². The molecule has 0 saturated carbocycles. The summed E-state index contributed by atoms with van der Waals surface area (Å²) in [6, 6.07) is 9.82. The second kappa shape index (κ2) is 6.87. The average molecular weight is 258 g/mol. The van der Waals surface area contributed by atoms with Crippen LogP contribution in [0.15, 0.2) is 36.4 Å². The first-order valence-electron chi connectivity index (χ1n) is 5.48. The van der Waals surface area contributed by atoms with Crippen molar-refractivity contribution in [3.63, 3.8) is 0 Å². The maximum Gasteiger partial charge on any atom is 0.328 e. The molecular weight excluding hydrogens is 244 g/mol. The molecule has 1 rings (SSSR count). The number of rotatable bonds is 3. The van der Waals surface area contributed by atoms with Gasteiger partial charge >= 0.3 is 5.97 Å². The lowest BCUT2D eigenvalue weighted by Crippen LogP contribution is -2.08. The number of aliphatic carboxylic acids is 1. The van der Waals surface area contributed by atoms with E-state index in [0.717, 1.165) is 17.7 Å². The molecule has 0 bridgehead atoms. The zero-order valence-corrected chi connectivity index (χ0v) is 10.7. The third-order valence-electron chi connectivity index (χ3n) is 1.95. The first-order chi connectivity index (χ1) is 8.97. The summed E-state index contributed by atoms with van der Waals surface area (Å²) in [6.45, 7) is 0. The Morgan fingerprint density at radius 1 is 1.21 bits per heavy atom. The van der Waals surface area contributed by atoms with Gasteiger partial charge in [-0.25, -0.2) is 4.79 Å². The third-order valence-corrected chi connectivity index (χ3v) is 1.95. The van der Waals surface area contributed by atoms with E-state index in [4.69, 9.17) is 5.11 Å². The van der Waals surface area contributed by atoms with Crippen molar-refractivity contribution >= 4 is 17.6 Å². The highest BCUT2D eigenvalue weighted by Gasteiger charge is 1.98. The Bertz CT molecular complexity index is 548. The van der Waals surface area contributed by atoms with Gasteiger partial charge in [0, 0.05) is 43.5 Å². The van der Waals surface area contributed by atoms with E-state index in [-0.39, 0.29) is 0 Å². The molecule has 1 amide bonds. The summed E-state index contributed by atoms with van der Waals surface area (Å²) in [6.07, 6.45) is 1.74. The summed E-state index contributed by atoms with van der Waals surface area (Å²) in [4.78, 5) is 23.3. The predicted molar refractivity (Wildman–Crippen MR) is 72.4 cm³/mol. The Morgan fingerprint density at radius 3 is 2.37 bits per heavy atom. The smallest absolute Gasteiger partial charge is 0.328 e. The molecule has 0 heterocycles. The lowest BCUT2D eigenvalue weighted by atomic mass is 10.2. The molecular formula is C14H14N2O3. The van der Waals surface area contributed by atoms with Crippen LogP contribution < -0.4 is 5.32 Å². The van der Waals surface area contributed by atoms with E-state index in [0.29, 0.717) is 5.69 Å². The molecule has 5 heteroatoms. The minimum absolute atomic E-state index is 0.491. The number of anilines is 1. The van der Waals surface area contributed by atoms with E-state index in [1.165, 1.54) is 0 Å². The first-order valence-corrected chi connectivity index (χ1v) is 5.48. The van der Waals surface area contributed by atoms with Crippen LogP contribution in [-0.4, -0.2) is 36.0 Å². The summed E-state index contributed by atoms with van der Waals surface area (Å²) in [7, 11) is 3.69. The summed E-state index contributed by atoms with van der Waals surface area (Å²) in [5.74, 6) is 1.28. The fourth-order valence-corrected chi connectivity index (χ4v) is 1.14. The molecule has 2 N–H and O–H groups in total. The van der Waals surface area contributed by atoms with Gasteiger partial charge in [-0.2, -0.15) is 0 Å². The largest absolute Gasteiger partial charge is 0.478 e. The number of hydrogen-bond acceptors (Lipinski definition) is 3. The fraction of sp³-hybridized carbons (Fsp3) is 0.143. The average Bonchev–Trinajstić information content (AvgIpc) is 2.35. The van der Waals surface area contributed by atoms with Gasteiger partial charge in [0.15, 0.2) is 0 Å². The molecule has 0 aliphatic rings. The van der Waals surface area contributed by atoms with Gasteiger partial charge < -0.3 is 15.3 Å². The molecule has 1 aromatic carbocycles. The van der Waals surface area contributed by atoms with E-state index < -0.39 is 11.9 Å². The van der Waals surface area contributed by atoms with Crippen molar-refractivity contribution in [1.82, 2.24) is 4.90 Å². The normalized spacial score (nSPS) is 9.58. The van der Waals surface area contributed by atoms with Gasteiger partial charge in [-0.05, 0) is 30.2 Å². The molecule has 98 valence electrons. The van der Waals surface area contributed by atoms with Crippen LogP contribution in [0.4, 0.5) is 5.69 Å². The van der Waals surface area contributed by atoms with Crippen LogP contribution in [0.5, 0.6) is 0 Å². The SMILES string of the molecule is CN(C)C#Cc1ccc(NC(=O)/C=C\C(=O)O)cc1. The van der Waals surface area contributed by atoms with Crippen LogP contribution in [0.3, 0.4) is 0 Å². The summed E-state index contributed by atoms with van der Waals surface area (Å²) >= 11 is 0. The minimum atomic E-state index is -1.16. The molecule has 19 heavy (non-hydrogen) atoms. The summed E-state index contributed by atoms with van der Waals surface area (Å²) in [5.41, 5.74) is 1.41. The summed E-state index contributed by atoms with van der Waals surface area (Å²) in [5, 5.41) is 10.9. The molecule has 1 aromatic rings. The second-order valence-electron chi connectivity index (χ2n) is 3.87. The third kappa shape index (κ3) is 5.94. The lowest BCUT2D eigenvalue weighted by molar-refractivity contribution is -0.131. The van der Waals surface area contributed by atoms with Gasteiger partial charge in [0.25, 0.3) is 0 Å². The van der Waals surface area contributed by atoms with Crippen molar-refractivity contribution < 1.29 is 14.7 Å². The zero-order chi connectivity index (χ0) is 14.3. The van der Waals surface area contributed by atoms with Crippen molar-refractivity contribution in [1.29, 1.82) is 0 Å². The molecule has 5 nitrogen and oxygen atoms in total. The Balaban J connectivity index is 2.65. The van der Waals surface area contributed by atoms with Crippen molar-refractivity contribution in [3.05, 3.63) is 42.0 Å². The van der Waals surface area contributed by atoms with Crippen LogP contribution in [0.25, 0.3) is 0 Å². The van der Waals surface area contributed by atoms with E-state index >= 15 is 0 Å². The monoisotopic (exact) mass is 258 g/mol. The number of carboxylic acids is 1. The number of carbonyl (C=O) groups is 2. The standard InChI is InChI=1S/C14H14N2O3/c1-16(2)10-9-11-3-5-12(6-4-11)15-13(17)7-8-14(18)19/h3-8H,1-2H3,(H,15,17)(H,18,19)/b8-7-. The van der Waals surface area contributed by atoms with Crippen molar-refractivity contribution in [3.8, 4) is 12.0 Å². The predicted octanol–water partition coefficient (Wildman–Crippen LogP) is 1.14. The molecule has 0 atom stereocenters. The van der Waals surface area contributed by atoms with Gasteiger partial charge in [0.05, 0.1) is 0 Å². The number of nitrogens with zero attached hydrogens (tertiary/aromatic N) is 1. The number of benzene rings is 1. The maximum atomic E-state index is 11.3. The first kappa shape index (κ1) is 14.3. The van der Waals surface area contributed by atoms with Crippen LogP contribution >= 0.6 is 0 Å². The molecule has 0 spiro atoms. The highest BCUT2D eigenvalue weighted by atomic mass is 16.4.